The first-order chi connectivity index (χ1) is 14.7. The molecule has 0 radical (unpaired) electrons. The topological polar surface area (TPSA) is 43.8 Å². The normalized spacial score (nSPS) is 30.8. The van der Waals surface area contributed by atoms with Crippen LogP contribution < -0.4 is 0 Å². The monoisotopic (exact) mass is 464 g/mol. The van der Waals surface area contributed by atoms with Crippen molar-refractivity contribution < 1.29 is 18.7 Å². The quantitative estimate of drug-likeness (QED) is 0.745. The summed E-state index contributed by atoms with van der Waals surface area (Å²) in [5, 5.41) is 11.5. The molecule has 0 spiro atoms. The molecule has 32 heavy (non-hydrogen) atoms. The molecule has 7 heteroatoms. The first kappa shape index (κ1) is 24.6. The lowest BCUT2D eigenvalue weighted by Crippen LogP contribution is -2.57. The standard InChI is InChI=1S/C25H30F2N2O2.ClH/c1-16-12-29(13-17(2)25(16,31)18-7-5-4-6-8-18)24(30)22-15-28(3)14-21(22)20-10-9-19(26)11-23(20)27;/h4-11,16-17,21-22,31H,12-15H2,1-3H3;1H/t16-,17+,21-,22+,25?;/m0./s1. The number of nitrogens with zero attached hydrogens (tertiary/aromatic N) is 2. The smallest absolute Gasteiger partial charge is 0.227 e. The van der Waals surface area contributed by atoms with Crippen LogP contribution in [0.5, 0.6) is 0 Å². The van der Waals surface area contributed by atoms with E-state index in [9.17, 15) is 18.7 Å². The van der Waals surface area contributed by atoms with Crippen LogP contribution in [0.25, 0.3) is 0 Å². The lowest BCUT2D eigenvalue weighted by Gasteiger charge is -2.48. The maximum Gasteiger partial charge on any atom is 0.227 e. The molecule has 2 saturated heterocycles. The molecule has 1 N–H and O–H groups in total. The van der Waals surface area contributed by atoms with Crippen molar-refractivity contribution in [2.24, 2.45) is 17.8 Å². The lowest BCUT2D eigenvalue weighted by atomic mass is 9.70. The summed E-state index contributed by atoms with van der Waals surface area (Å²) < 4.78 is 27.9. The Labute approximate surface area is 194 Å². The molecular formula is C25H31ClF2N2O2. The largest absolute Gasteiger partial charge is 0.384 e. The third-order valence-electron chi connectivity index (χ3n) is 7.22. The number of likely N-dealkylation sites (N-methyl/N-ethyl adjacent to an activating group) is 1. The predicted molar refractivity (Wildman–Crippen MR) is 123 cm³/mol. The Morgan fingerprint density at radius 2 is 1.62 bits per heavy atom. The van der Waals surface area contributed by atoms with E-state index < -0.39 is 23.2 Å². The van der Waals surface area contributed by atoms with Gasteiger partial charge in [0, 0.05) is 50.0 Å². The Morgan fingerprint density at radius 1 is 1.00 bits per heavy atom. The molecule has 0 aliphatic carbocycles. The zero-order valence-corrected chi connectivity index (χ0v) is 19.5. The van der Waals surface area contributed by atoms with E-state index in [-0.39, 0.29) is 36.1 Å². The molecule has 2 aromatic carbocycles. The van der Waals surface area contributed by atoms with Crippen molar-refractivity contribution in [3.63, 3.8) is 0 Å². The highest BCUT2D eigenvalue weighted by Crippen LogP contribution is 2.42. The van der Waals surface area contributed by atoms with Crippen molar-refractivity contribution in [1.29, 1.82) is 0 Å². The lowest BCUT2D eigenvalue weighted by molar-refractivity contribution is -0.152. The Kier molecular flexibility index (Phi) is 7.28. The third-order valence-corrected chi connectivity index (χ3v) is 7.22. The number of carbonyl (C=O) groups excluding carboxylic acids is 1. The zero-order valence-electron chi connectivity index (χ0n) is 18.7. The van der Waals surface area contributed by atoms with E-state index in [0.29, 0.717) is 31.7 Å². The van der Waals surface area contributed by atoms with Crippen LogP contribution in [-0.2, 0) is 10.4 Å². The second-order valence-electron chi connectivity index (χ2n) is 9.34. The first-order valence-corrected chi connectivity index (χ1v) is 10.9. The molecule has 2 aromatic rings. The highest BCUT2D eigenvalue weighted by Gasteiger charge is 2.49. The second-order valence-corrected chi connectivity index (χ2v) is 9.34. The molecule has 4 nitrogen and oxygen atoms in total. The van der Waals surface area contributed by atoms with Crippen LogP contribution in [0.3, 0.4) is 0 Å². The number of amides is 1. The van der Waals surface area contributed by atoms with E-state index in [2.05, 4.69) is 0 Å². The number of carbonyl (C=O) groups is 1. The maximum atomic E-state index is 14.5. The molecule has 5 atom stereocenters. The highest BCUT2D eigenvalue weighted by atomic mass is 35.5. The molecule has 1 unspecified atom stereocenters. The van der Waals surface area contributed by atoms with Gasteiger partial charge in [-0.05, 0) is 24.2 Å². The summed E-state index contributed by atoms with van der Waals surface area (Å²) in [6.45, 7) is 5.90. The number of hydrogen-bond acceptors (Lipinski definition) is 3. The molecule has 2 aliphatic rings. The number of benzene rings is 2. The van der Waals surface area contributed by atoms with Gasteiger partial charge in [0.25, 0.3) is 0 Å². The number of likely N-dealkylation sites (tertiary alicyclic amines) is 2. The van der Waals surface area contributed by atoms with Gasteiger partial charge in [-0.15, -0.1) is 12.4 Å². The summed E-state index contributed by atoms with van der Waals surface area (Å²) in [5.41, 5.74) is 0.254. The van der Waals surface area contributed by atoms with E-state index in [1.165, 1.54) is 12.1 Å². The van der Waals surface area contributed by atoms with Gasteiger partial charge in [-0.1, -0.05) is 50.2 Å². The Bertz CT molecular complexity index is 946. The van der Waals surface area contributed by atoms with Crippen LogP contribution in [0.15, 0.2) is 48.5 Å². The minimum atomic E-state index is -1.01. The SMILES string of the molecule is C[C@@H]1CN(C(=O)[C@@H]2CN(C)C[C@H]2c2ccc(F)cc2F)C[C@H](C)C1(O)c1ccccc1.Cl. The van der Waals surface area contributed by atoms with Gasteiger partial charge in [-0.2, -0.15) is 0 Å². The van der Waals surface area contributed by atoms with Crippen molar-refractivity contribution in [2.45, 2.75) is 25.4 Å². The fraction of sp³-hybridized carbons (Fsp3) is 0.480. The molecule has 174 valence electrons. The van der Waals surface area contributed by atoms with Gasteiger partial charge in [0.1, 0.15) is 11.6 Å². The number of hydrogen-bond donors (Lipinski definition) is 1. The van der Waals surface area contributed by atoms with Crippen LogP contribution in [-0.4, -0.2) is 54.0 Å². The molecule has 2 fully saturated rings. The number of rotatable bonds is 3. The number of piperidine rings is 1. The van der Waals surface area contributed by atoms with Gasteiger partial charge in [0.2, 0.25) is 5.91 Å². The van der Waals surface area contributed by atoms with Gasteiger partial charge in [-0.3, -0.25) is 4.79 Å². The van der Waals surface area contributed by atoms with Crippen LogP contribution in [0, 0.1) is 29.4 Å². The van der Waals surface area contributed by atoms with Crippen LogP contribution in [0.1, 0.15) is 30.9 Å². The molecular weight excluding hydrogens is 434 g/mol. The number of aliphatic hydroxyl groups is 1. The van der Waals surface area contributed by atoms with Crippen molar-refractivity contribution in [2.75, 3.05) is 33.2 Å². The second kappa shape index (κ2) is 9.46. The van der Waals surface area contributed by atoms with Gasteiger partial charge in [-0.25, -0.2) is 8.78 Å². The fourth-order valence-corrected chi connectivity index (χ4v) is 5.56. The van der Waals surface area contributed by atoms with Crippen molar-refractivity contribution in [3.05, 3.63) is 71.3 Å². The van der Waals surface area contributed by atoms with Gasteiger partial charge >= 0.3 is 0 Å². The minimum absolute atomic E-state index is 0. The Balaban J connectivity index is 0.00000289. The first-order valence-electron chi connectivity index (χ1n) is 10.9. The summed E-state index contributed by atoms with van der Waals surface area (Å²) in [6, 6.07) is 13.2. The van der Waals surface area contributed by atoms with Gasteiger partial charge in [0.05, 0.1) is 11.5 Å². The highest BCUT2D eigenvalue weighted by molar-refractivity contribution is 5.85. The van der Waals surface area contributed by atoms with E-state index in [1.807, 2.05) is 61.0 Å². The predicted octanol–water partition coefficient (Wildman–Crippen LogP) is 4.03. The molecule has 4 rings (SSSR count). The minimum Gasteiger partial charge on any atom is -0.384 e. The average molecular weight is 465 g/mol. The van der Waals surface area contributed by atoms with Gasteiger partial charge in [0.15, 0.2) is 0 Å². The summed E-state index contributed by atoms with van der Waals surface area (Å²) in [7, 11) is 1.91. The molecule has 1 amide bonds. The fourth-order valence-electron chi connectivity index (χ4n) is 5.56. The summed E-state index contributed by atoms with van der Waals surface area (Å²) in [5.74, 6) is -2.26. The third kappa shape index (κ3) is 4.28. The van der Waals surface area contributed by atoms with E-state index in [1.54, 1.807) is 0 Å². The molecule has 0 bridgehead atoms. The van der Waals surface area contributed by atoms with Crippen molar-refractivity contribution >= 4 is 18.3 Å². The van der Waals surface area contributed by atoms with E-state index >= 15 is 0 Å². The number of halogens is 3. The Morgan fingerprint density at radius 3 is 2.22 bits per heavy atom. The summed E-state index contributed by atoms with van der Waals surface area (Å²) in [6.07, 6.45) is 0. The van der Waals surface area contributed by atoms with Crippen molar-refractivity contribution in [1.82, 2.24) is 9.80 Å². The average Bonchev–Trinajstić information content (AvgIpc) is 3.13. The van der Waals surface area contributed by atoms with Crippen LogP contribution in [0.2, 0.25) is 0 Å². The van der Waals surface area contributed by atoms with E-state index in [0.717, 1.165) is 11.6 Å². The summed E-state index contributed by atoms with van der Waals surface area (Å²) in [4.78, 5) is 17.4. The van der Waals surface area contributed by atoms with Gasteiger partial charge < -0.3 is 14.9 Å². The van der Waals surface area contributed by atoms with Crippen LogP contribution in [0.4, 0.5) is 8.78 Å². The van der Waals surface area contributed by atoms with Crippen LogP contribution >= 0.6 is 12.4 Å². The Hall–Kier alpha value is -2.02. The van der Waals surface area contributed by atoms with E-state index in [4.69, 9.17) is 0 Å². The molecule has 2 aliphatic heterocycles. The zero-order chi connectivity index (χ0) is 22.3. The maximum absolute atomic E-state index is 14.5. The molecule has 2 heterocycles. The summed E-state index contributed by atoms with van der Waals surface area (Å²) >= 11 is 0. The molecule has 0 saturated carbocycles. The van der Waals surface area contributed by atoms with Crippen molar-refractivity contribution in [3.8, 4) is 0 Å². The molecule has 0 aromatic heterocycles.